The van der Waals surface area contributed by atoms with E-state index in [9.17, 15) is 9.59 Å². The number of ether oxygens (including phenoxy) is 1. The summed E-state index contributed by atoms with van der Waals surface area (Å²) >= 11 is 4.28. The average Bonchev–Trinajstić information content (AvgIpc) is 2.24. The van der Waals surface area contributed by atoms with Gasteiger partial charge in [-0.25, -0.2) is 4.79 Å². The maximum atomic E-state index is 11.4. The van der Waals surface area contributed by atoms with E-state index < -0.39 is 11.8 Å². The van der Waals surface area contributed by atoms with Crippen molar-refractivity contribution in [2.45, 2.75) is 12.4 Å². The molecule has 1 unspecified atom stereocenters. The van der Waals surface area contributed by atoms with Gasteiger partial charge in [0.15, 0.2) is 0 Å². The maximum Gasteiger partial charge on any atom is 0.365 e. The van der Waals surface area contributed by atoms with Gasteiger partial charge in [0.2, 0.25) is 11.5 Å². The van der Waals surface area contributed by atoms with Crippen LogP contribution in [-0.2, 0) is 19.2 Å². The molecule has 0 aliphatic rings. The topological polar surface area (TPSA) is 65.0 Å². The van der Waals surface area contributed by atoms with Gasteiger partial charge in [0.25, 0.3) is 0 Å². The second kappa shape index (κ2) is 7.70. The monoisotopic (exact) mass is 297 g/mol. The van der Waals surface area contributed by atoms with Gasteiger partial charge in [-0.15, -0.1) is 11.8 Å². The van der Waals surface area contributed by atoms with E-state index in [0.717, 1.165) is 0 Å². The second-order valence-corrected chi connectivity index (χ2v) is 4.08. The molecular weight excluding hydrogens is 286 g/mol. The Labute approximate surface area is 101 Å². The number of thioether (sulfide) groups is 1. The van der Waals surface area contributed by atoms with Crippen LogP contribution < -0.4 is 0 Å². The molecule has 1 atom stereocenters. The van der Waals surface area contributed by atoms with Crippen molar-refractivity contribution in [3.05, 3.63) is 0 Å². The van der Waals surface area contributed by atoms with E-state index in [1.807, 2.05) is 0 Å². The SMILES string of the molecule is CON=C(C(=O)CBr)C(=O)OC(C)SC. The predicted octanol–water partition coefficient (Wildman–Crippen LogP) is 1.21. The Bertz CT molecular complexity index is 269. The van der Waals surface area contributed by atoms with Crippen LogP contribution in [0, 0.1) is 0 Å². The van der Waals surface area contributed by atoms with Gasteiger partial charge >= 0.3 is 5.97 Å². The summed E-state index contributed by atoms with van der Waals surface area (Å²) in [6, 6.07) is 0. The normalized spacial score (nSPS) is 13.2. The highest BCUT2D eigenvalue weighted by Crippen LogP contribution is 2.07. The molecule has 5 nitrogen and oxygen atoms in total. The number of rotatable bonds is 6. The number of oxime groups is 1. The number of carbonyl (C=O) groups excluding carboxylic acids is 2. The highest BCUT2D eigenvalue weighted by atomic mass is 79.9. The zero-order valence-corrected chi connectivity index (χ0v) is 11.1. The van der Waals surface area contributed by atoms with Crippen LogP contribution in [0.3, 0.4) is 0 Å². The summed E-state index contributed by atoms with van der Waals surface area (Å²) in [6.07, 6.45) is 1.79. The summed E-state index contributed by atoms with van der Waals surface area (Å²) in [6.45, 7) is 1.70. The largest absolute Gasteiger partial charge is 0.447 e. The Kier molecular flexibility index (Phi) is 7.41. The molecule has 0 rings (SSSR count). The van der Waals surface area contributed by atoms with Gasteiger partial charge in [-0.05, 0) is 13.2 Å². The van der Waals surface area contributed by atoms with Crippen molar-refractivity contribution >= 4 is 45.2 Å². The van der Waals surface area contributed by atoms with E-state index in [1.54, 1.807) is 13.2 Å². The molecule has 15 heavy (non-hydrogen) atoms. The number of nitrogens with zero attached hydrogens (tertiary/aromatic N) is 1. The minimum Gasteiger partial charge on any atom is -0.447 e. The summed E-state index contributed by atoms with van der Waals surface area (Å²) in [7, 11) is 1.26. The third-order valence-corrected chi connectivity index (χ3v) is 2.64. The van der Waals surface area contributed by atoms with Crippen LogP contribution in [-0.4, -0.2) is 41.6 Å². The minimum absolute atomic E-state index is 0.00204. The first-order valence-electron chi connectivity index (χ1n) is 4.00. The van der Waals surface area contributed by atoms with Gasteiger partial charge in [-0.3, -0.25) is 4.79 Å². The van der Waals surface area contributed by atoms with E-state index in [1.165, 1.54) is 18.9 Å². The van der Waals surface area contributed by atoms with Crippen LogP contribution in [0.5, 0.6) is 0 Å². The number of alkyl halides is 1. The number of carbonyl (C=O) groups is 2. The zero-order chi connectivity index (χ0) is 11.8. The molecule has 0 aromatic rings. The Morgan fingerprint density at radius 3 is 2.53 bits per heavy atom. The molecule has 0 spiro atoms. The molecule has 0 amide bonds. The van der Waals surface area contributed by atoms with Crippen molar-refractivity contribution in [3.8, 4) is 0 Å². The molecule has 0 bridgehead atoms. The molecule has 0 N–H and O–H groups in total. The van der Waals surface area contributed by atoms with Gasteiger partial charge in [0.1, 0.15) is 12.5 Å². The highest BCUT2D eigenvalue weighted by molar-refractivity contribution is 9.09. The fourth-order valence-electron chi connectivity index (χ4n) is 0.611. The fourth-order valence-corrected chi connectivity index (χ4v) is 1.06. The molecule has 86 valence electrons. The summed E-state index contributed by atoms with van der Waals surface area (Å²) in [4.78, 5) is 27.1. The molecule has 0 saturated carbocycles. The Morgan fingerprint density at radius 1 is 1.53 bits per heavy atom. The van der Waals surface area contributed by atoms with Crippen molar-refractivity contribution in [2.24, 2.45) is 5.16 Å². The molecular formula is C8H12BrNO4S. The van der Waals surface area contributed by atoms with Crippen molar-refractivity contribution in [1.29, 1.82) is 0 Å². The Morgan fingerprint density at radius 2 is 2.13 bits per heavy atom. The summed E-state index contributed by atoms with van der Waals surface area (Å²) < 4.78 is 4.91. The zero-order valence-electron chi connectivity index (χ0n) is 8.65. The lowest BCUT2D eigenvalue weighted by Crippen LogP contribution is -2.29. The molecule has 0 saturated heterocycles. The first-order chi connectivity index (χ1) is 7.06. The third-order valence-electron chi connectivity index (χ3n) is 1.37. The van der Waals surface area contributed by atoms with Gasteiger partial charge in [0.05, 0.1) is 5.33 Å². The highest BCUT2D eigenvalue weighted by Gasteiger charge is 2.23. The standard InChI is InChI=1S/C8H12BrNO4S/c1-5(15-3)14-8(12)7(10-13-2)6(11)4-9/h5H,4H2,1-3H3. The van der Waals surface area contributed by atoms with Crippen LogP contribution in [0.1, 0.15) is 6.92 Å². The third kappa shape index (κ3) is 5.17. The first kappa shape index (κ1) is 14.4. The summed E-state index contributed by atoms with van der Waals surface area (Å²) in [5.41, 5.74) is -0.669. The number of ketones is 1. The smallest absolute Gasteiger partial charge is 0.365 e. The molecule has 0 fully saturated rings. The number of halogens is 1. The first-order valence-corrected chi connectivity index (χ1v) is 6.41. The van der Waals surface area contributed by atoms with Crippen molar-refractivity contribution in [2.75, 3.05) is 18.7 Å². The maximum absolute atomic E-state index is 11.4. The summed E-state index contributed by atoms with van der Waals surface area (Å²) in [5, 5.41) is 3.33. The molecule has 0 radical (unpaired) electrons. The lowest BCUT2D eigenvalue weighted by molar-refractivity contribution is -0.137. The van der Waals surface area contributed by atoms with Gasteiger partial charge < -0.3 is 9.57 Å². The average molecular weight is 298 g/mol. The lowest BCUT2D eigenvalue weighted by atomic mass is 10.3. The lowest BCUT2D eigenvalue weighted by Gasteiger charge is -2.09. The Hall–Kier alpha value is -0.560. The van der Waals surface area contributed by atoms with Gasteiger partial charge in [-0.2, -0.15) is 0 Å². The summed E-state index contributed by atoms with van der Waals surface area (Å²) in [5.74, 6) is -1.25. The molecule has 0 aliphatic carbocycles. The van der Waals surface area contributed by atoms with Crippen LogP contribution in [0.15, 0.2) is 5.16 Å². The number of Topliss-reactive ketones (excluding diaryl/α,β-unsaturated/α-hetero) is 1. The van der Waals surface area contributed by atoms with Crippen LogP contribution in [0.2, 0.25) is 0 Å². The van der Waals surface area contributed by atoms with E-state index in [4.69, 9.17) is 4.74 Å². The number of esters is 1. The molecule has 0 aliphatic heterocycles. The van der Waals surface area contributed by atoms with Crippen molar-refractivity contribution in [3.63, 3.8) is 0 Å². The van der Waals surface area contributed by atoms with E-state index in [0.29, 0.717) is 0 Å². The molecule has 7 heteroatoms. The Balaban J connectivity index is 4.58. The molecule has 0 heterocycles. The number of hydrogen-bond donors (Lipinski definition) is 0. The predicted molar refractivity (Wildman–Crippen MR) is 62.3 cm³/mol. The molecule has 0 aromatic carbocycles. The minimum atomic E-state index is -0.775. The van der Waals surface area contributed by atoms with Crippen molar-refractivity contribution < 1.29 is 19.2 Å². The van der Waals surface area contributed by atoms with Gasteiger partial charge in [-0.1, -0.05) is 21.1 Å². The van der Waals surface area contributed by atoms with Crippen LogP contribution >= 0.6 is 27.7 Å². The fraction of sp³-hybridized carbons (Fsp3) is 0.625. The second-order valence-electron chi connectivity index (χ2n) is 2.39. The van der Waals surface area contributed by atoms with Crippen molar-refractivity contribution in [1.82, 2.24) is 0 Å². The van der Waals surface area contributed by atoms with Crippen LogP contribution in [0.25, 0.3) is 0 Å². The van der Waals surface area contributed by atoms with E-state index in [-0.39, 0.29) is 16.5 Å². The number of hydrogen-bond acceptors (Lipinski definition) is 6. The molecule has 0 aromatic heterocycles. The van der Waals surface area contributed by atoms with E-state index >= 15 is 0 Å². The van der Waals surface area contributed by atoms with Gasteiger partial charge in [0, 0.05) is 0 Å². The quantitative estimate of drug-likeness (QED) is 0.184. The van der Waals surface area contributed by atoms with Crippen LogP contribution in [0.4, 0.5) is 0 Å². The van der Waals surface area contributed by atoms with E-state index in [2.05, 4.69) is 25.9 Å².